The number of nitrogens with one attached hydrogen (secondary N) is 1. The Hall–Kier alpha value is -1.40. The largest absolute Gasteiger partial charge is 0.342 e. The zero-order valence-corrected chi connectivity index (χ0v) is 14.7. The molecule has 1 amide bonds. The molecule has 0 aliphatic heterocycles. The number of rotatable bonds is 9. The maximum Gasteiger partial charge on any atom is 0.240 e. The fourth-order valence-corrected chi connectivity index (χ4v) is 3.29. The molecule has 6 heteroatoms. The number of amides is 1. The highest BCUT2D eigenvalue weighted by Gasteiger charge is 2.26. The van der Waals surface area contributed by atoms with Gasteiger partial charge in [0, 0.05) is 19.5 Å². The van der Waals surface area contributed by atoms with Gasteiger partial charge in [0.25, 0.3) is 0 Å². The number of aryl methyl sites for hydroxylation is 1. The van der Waals surface area contributed by atoms with Gasteiger partial charge in [-0.05, 0) is 56.3 Å². The summed E-state index contributed by atoms with van der Waals surface area (Å²) in [6.07, 6.45) is 4.59. The van der Waals surface area contributed by atoms with Gasteiger partial charge in [-0.1, -0.05) is 19.1 Å². The monoisotopic (exact) mass is 338 g/mol. The Morgan fingerprint density at radius 2 is 1.91 bits per heavy atom. The van der Waals surface area contributed by atoms with E-state index in [1.807, 2.05) is 4.90 Å². The Morgan fingerprint density at radius 3 is 2.43 bits per heavy atom. The van der Waals surface area contributed by atoms with Crippen molar-refractivity contribution in [2.45, 2.75) is 43.9 Å². The summed E-state index contributed by atoms with van der Waals surface area (Å²) in [5.41, 5.74) is 0.983. The van der Waals surface area contributed by atoms with Crippen molar-refractivity contribution in [2.24, 2.45) is 5.92 Å². The number of hydrogen-bond donors (Lipinski definition) is 1. The molecule has 0 radical (unpaired) electrons. The van der Waals surface area contributed by atoms with Crippen LogP contribution in [0.3, 0.4) is 0 Å². The number of carbonyl (C=O) groups excluding carboxylic acids is 1. The Labute approximate surface area is 139 Å². The molecule has 2 rings (SSSR count). The zero-order chi connectivity index (χ0) is 16.9. The molecule has 0 atom stereocenters. The van der Waals surface area contributed by atoms with E-state index in [0.29, 0.717) is 18.8 Å². The van der Waals surface area contributed by atoms with Crippen molar-refractivity contribution in [2.75, 3.05) is 20.1 Å². The molecule has 1 aliphatic carbocycles. The third-order valence-corrected chi connectivity index (χ3v) is 5.58. The molecule has 0 bridgehead atoms. The van der Waals surface area contributed by atoms with Crippen LogP contribution in [0.25, 0.3) is 0 Å². The van der Waals surface area contributed by atoms with Crippen LogP contribution in [0.15, 0.2) is 29.2 Å². The summed E-state index contributed by atoms with van der Waals surface area (Å²) < 4.78 is 25.6. The van der Waals surface area contributed by atoms with E-state index in [0.717, 1.165) is 25.1 Å². The van der Waals surface area contributed by atoms with Gasteiger partial charge in [-0.25, -0.2) is 13.1 Å². The molecule has 128 valence electrons. The fourth-order valence-electron chi connectivity index (χ4n) is 2.56. The van der Waals surface area contributed by atoms with Crippen molar-refractivity contribution in [3.05, 3.63) is 29.8 Å². The lowest BCUT2D eigenvalue weighted by molar-refractivity contribution is -0.131. The second kappa shape index (κ2) is 7.93. The first kappa shape index (κ1) is 17.9. The number of carbonyl (C=O) groups is 1. The summed E-state index contributed by atoms with van der Waals surface area (Å²) >= 11 is 0. The van der Waals surface area contributed by atoms with Crippen LogP contribution in [0.1, 0.15) is 38.2 Å². The molecule has 1 saturated carbocycles. The summed E-state index contributed by atoms with van der Waals surface area (Å²) in [7, 11) is -2.01. The van der Waals surface area contributed by atoms with Crippen molar-refractivity contribution >= 4 is 15.9 Å². The standard InChI is InChI=1S/C17H26N2O3S/c1-3-12-19(13-15-4-5-15)17(20)11-8-14-6-9-16(10-7-14)23(21,22)18-2/h6-7,9-10,15,18H,3-5,8,11-13H2,1-2H3. The SMILES string of the molecule is CCCN(CC1CC1)C(=O)CCc1ccc(S(=O)(=O)NC)cc1. The fraction of sp³-hybridized carbons (Fsp3) is 0.588. The van der Waals surface area contributed by atoms with E-state index in [2.05, 4.69) is 11.6 Å². The van der Waals surface area contributed by atoms with E-state index in [1.54, 1.807) is 24.3 Å². The quantitative estimate of drug-likeness (QED) is 0.750. The van der Waals surface area contributed by atoms with Gasteiger partial charge in [-0.3, -0.25) is 4.79 Å². The van der Waals surface area contributed by atoms with Gasteiger partial charge in [-0.15, -0.1) is 0 Å². The van der Waals surface area contributed by atoms with Crippen LogP contribution < -0.4 is 4.72 Å². The summed E-state index contributed by atoms with van der Waals surface area (Å²) in [6.45, 7) is 3.81. The van der Waals surface area contributed by atoms with Crippen molar-refractivity contribution in [3.8, 4) is 0 Å². The van der Waals surface area contributed by atoms with E-state index in [1.165, 1.54) is 19.9 Å². The van der Waals surface area contributed by atoms with Crippen LogP contribution >= 0.6 is 0 Å². The first-order chi connectivity index (χ1) is 11.0. The summed E-state index contributed by atoms with van der Waals surface area (Å²) in [5.74, 6) is 0.905. The van der Waals surface area contributed by atoms with Gasteiger partial charge in [0.1, 0.15) is 0 Å². The molecule has 0 spiro atoms. The Morgan fingerprint density at radius 1 is 1.26 bits per heavy atom. The lowest BCUT2D eigenvalue weighted by Gasteiger charge is -2.22. The molecular weight excluding hydrogens is 312 g/mol. The van der Waals surface area contributed by atoms with Gasteiger partial charge in [0.05, 0.1) is 4.90 Å². The lowest BCUT2D eigenvalue weighted by atomic mass is 10.1. The molecule has 1 aromatic carbocycles. The van der Waals surface area contributed by atoms with E-state index in [4.69, 9.17) is 0 Å². The summed E-state index contributed by atoms with van der Waals surface area (Å²) in [6, 6.07) is 6.73. The third-order valence-electron chi connectivity index (χ3n) is 4.15. The average molecular weight is 338 g/mol. The number of sulfonamides is 1. The number of hydrogen-bond acceptors (Lipinski definition) is 3. The summed E-state index contributed by atoms with van der Waals surface area (Å²) in [4.78, 5) is 14.6. The molecule has 1 N–H and O–H groups in total. The minimum absolute atomic E-state index is 0.200. The predicted octanol–water partition coefficient (Wildman–Crippen LogP) is 2.18. The minimum Gasteiger partial charge on any atom is -0.342 e. The van der Waals surface area contributed by atoms with Crippen LogP contribution in [0.4, 0.5) is 0 Å². The van der Waals surface area contributed by atoms with Crippen LogP contribution in [0.2, 0.25) is 0 Å². The summed E-state index contributed by atoms with van der Waals surface area (Å²) in [5, 5.41) is 0. The first-order valence-corrected chi connectivity index (χ1v) is 9.75. The van der Waals surface area contributed by atoms with Crippen molar-refractivity contribution in [3.63, 3.8) is 0 Å². The van der Waals surface area contributed by atoms with Crippen LogP contribution in [0, 0.1) is 5.92 Å². The maximum absolute atomic E-state index is 12.4. The van der Waals surface area contributed by atoms with Gasteiger partial charge in [0.15, 0.2) is 0 Å². The minimum atomic E-state index is -3.40. The molecular formula is C17H26N2O3S. The number of benzene rings is 1. The highest BCUT2D eigenvalue weighted by atomic mass is 32.2. The Bertz CT molecular complexity index is 622. The molecule has 5 nitrogen and oxygen atoms in total. The zero-order valence-electron chi connectivity index (χ0n) is 13.9. The van der Waals surface area contributed by atoms with E-state index in [-0.39, 0.29) is 10.8 Å². The first-order valence-electron chi connectivity index (χ1n) is 8.26. The van der Waals surface area contributed by atoms with E-state index in [9.17, 15) is 13.2 Å². The van der Waals surface area contributed by atoms with Crippen molar-refractivity contribution < 1.29 is 13.2 Å². The van der Waals surface area contributed by atoms with Crippen molar-refractivity contribution in [1.82, 2.24) is 9.62 Å². The normalized spacial score (nSPS) is 14.7. The second-order valence-corrected chi connectivity index (χ2v) is 8.02. The Kier molecular flexibility index (Phi) is 6.18. The van der Waals surface area contributed by atoms with Gasteiger partial charge in [-0.2, -0.15) is 0 Å². The maximum atomic E-state index is 12.4. The average Bonchev–Trinajstić information content (AvgIpc) is 3.36. The van der Waals surface area contributed by atoms with Crippen molar-refractivity contribution in [1.29, 1.82) is 0 Å². The Balaban J connectivity index is 1.90. The molecule has 1 aliphatic rings. The molecule has 1 aromatic rings. The molecule has 0 aromatic heterocycles. The topological polar surface area (TPSA) is 66.5 Å². The van der Waals surface area contributed by atoms with E-state index >= 15 is 0 Å². The molecule has 1 fully saturated rings. The van der Waals surface area contributed by atoms with Crippen LogP contribution in [-0.4, -0.2) is 39.4 Å². The highest BCUT2D eigenvalue weighted by Crippen LogP contribution is 2.30. The second-order valence-electron chi connectivity index (χ2n) is 6.13. The molecule has 0 unspecified atom stereocenters. The van der Waals surface area contributed by atoms with Crippen LogP contribution in [-0.2, 0) is 21.2 Å². The van der Waals surface area contributed by atoms with Gasteiger partial charge < -0.3 is 4.90 Å². The molecule has 23 heavy (non-hydrogen) atoms. The third kappa shape index (κ3) is 5.32. The smallest absolute Gasteiger partial charge is 0.240 e. The predicted molar refractivity (Wildman–Crippen MR) is 90.6 cm³/mol. The highest BCUT2D eigenvalue weighted by molar-refractivity contribution is 7.89. The van der Waals surface area contributed by atoms with Gasteiger partial charge >= 0.3 is 0 Å². The molecule has 0 saturated heterocycles. The van der Waals surface area contributed by atoms with Gasteiger partial charge in [0.2, 0.25) is 15.9 Å². The number of nitrogens with zero attached hydrogens (tertiary/aromatic N) is 1. The molecule has 0 heterocycles. The van der Waals surface area contributed by atoms with E-state index < -0.39 is 10.0 Å². The lowest BCUT2D eigenvalue weighted by Crippen LogP contribution is -2.33. The van der Waals surface area contributed by atoms with Crippen LogP contribution in [0.5, 0.6) is 0 Å².